The van der Waals surface area contributed by atoms with Gasteiger partial charge in [-0.05, 0) is 0 Å². The molecule has 0 amide bonds. The summed E-state index contributed by atoms with van der Waals surface area (Å²) in [7, 11) is 2.62. The van der Waals surface area contributed by atoms with Crippen LogP contribution in [0.4, 0.5) is 0 Å². The van der Waals surface area contributed by atoms with E-state index in [0.717, 1.165) is 0 Å². The van der Waals surface area contributed by atoms with Crippen molar-refractivity contribution < 1.29 is 23.8 Å². The monoisotopic (exact) mass is 270 g/mol. The minimum absolute atomic E-state index is 0.263. The third kappa shape index (κ3) is 2.70. The van der Waals surface area contributed by atoms with Crippen LogP contribution in [-0.2, 0) is 23.8 Å². The van der Waals surface area contributed by atoms with Gasteiger partial charge in [0.25, 0.3) is 0 Å². The van der Waals surface area contributed by atoms with Gasteiger partial charge in [0, 0.05) is 13.1 Å². The van der Waals surface area contributed by atoms with Crippen LogP contribution < -0.4 is 0 Å². The van der Waals surface area contributed by atoms with Gasteiger partial charge >= 0.3 is 11.9 Å². The first-order valence-corrected chi connectivity index (χ1v) is 6.21. The summed E-state index contributed by atoms with van der Waals surface area (Å²) in [5.74, 6) is -1.52. The predicted octanol–water partition coefficient (Wildman–Crippen LogP) is -0.691. The molecule has 2 heterocycles. The number of nitrogens with zero attached hydrogens (tertiary/aromatic N) is 2. The lowest BCUT2D eigenvalue weighted by Gasteiger charge is -2.31. The van der Waals surface area contributed by atoms with Crippen molar-refractivity contribution in [1.82, 2.24) is 4.90 Å². The molecule has 19 heavy (non-hydrogen) atoms. The molecular formula is C12H18N2O5. The molecule has 0 saturated carbocycles. The number of ether oxygens (including phenoxy) is 3. The van der Waals surface area contributed by atoms with Gasteiger partial charge in [-0.2, -0.15) is 0 Å². The van der Waals surface area contributed by atoms with E-state index in [1.165, 1.54) is 14.2 Å². The Kier molecular flexibility index (Phi) is 4.36. The molecule has 0 spiro atoms. The van der Waals surface area contributed by atoms with Gasteiger partial charge in [-0.15, -0.1) is 0 Å². The van der Waals surface area contributed by atoms with Gasteiger partial charge < -0.3 is 19.1 Å². The number of methoxy groups -OCH3 is 2. The summed E-state index contributed by atoms with van der Waals surface area (Å²) >= 11 is 0. The summed E-state index contributed by atoms with van der Waals surface area (Å²) in [6.07, 6.45) is 0. The number of rotatable bonds is 2. The predicted molar refractivity (Wildman–Crippen MR) is 65.7 cm³/mol. The van der Waals surface area contributed by atoms with Gasteiger partial charge in [0.2, 0.25) is 0 Å². The largest absolute Gasteiger partial charge is 0.469 e. The molecular weight excluding hydrogens is 252 g/mol. The fraction of sp³-hybridized carbons (Fsp3) is 0.750. The number of amidine groups is 1. The summed E-state index contributed by atoms with van der Waals surface area (Å²) in [6, 6.07) is 0. The average molecular weight is 270 g/mol. The van der Waals surface area contributed by atoms with Crippen LogP contribution >= 0.6 is 0 Å². The molecule has 7 heteroatoms. The molecule has 0 bridgehead atoms. The molecule has 106 valence electrons. The molecule has 7 nitrogen and oxygen atoms in total. The van der Waals surface area contributed by atoms with Crippen LogP contribution in [0.3, 0.4) is 0 Å². The van der Waals surface area contributed by atoms with E-state index in [1.807, 2.05) is 4.90 Å². The summed E-state index contributed by atoms with van der Waals surface area (Å²) in [4.78, 5) is 30.0. The molecule has 0 aliphatic carbocycles. The Morgan fingerprint density at radius 3 is 2.42 bits per heavy atom. The summed E-state index contributed by atoms with van der Waals surface area (Å²) in [5, 5.41) is 0. The molecule has 2 rings (SSSR count). The third-order valence-electron chi connectivity index (χ3n) is 3.42. The topological polar surface area (TPSA) is 77.4 Å². The molecule has 0 aromatic heterocycles. The van der Waals surface area contributed by atoms with Crippen LogP contribution in [0.15, 0.2) is 4.99 Å². The van der Waals surface area contributed by atoms with Crippen LogP contribution in [0, 0.1) is 11.8 Å². The molecule has 2 aliphatic rings. The molecule has 2 atom stereocenters. The Balaban J connectivity index is 2.17. The first-order chi connectivity index (χ1) is 9.19. The lowest BCUT2D eigenvalue weighted by molar-refractivity contribution is -0.154. The van der Waals surface area contributed by atoms with E-state index in [0.29, 0.717) is 32.1 Å². The van der Waals surface area contributed by atoms with Gasteiger partial charge in [-0.25, -0.2) is 0 Å². The lowest BCUT2D eigenvalue weighted by Crippen LogP contribution is -2.47. The second-order valence-corrected chi connectivity index (χ2v) is 4.43. The number of carbonyl (C=O) groups excluding carboxylic acids is 2. The highest BCUT2D eigenvalue weighted by atomic mass is 16.5. The number of hydrogen-bond acceptors (Lipinski definition) is 7. The van der Waals surface area contributed by atoms with E-state index in [1.54, 1.807) is 0 Å². The molecule has 0 aromatic rings. The zero-order valence-electron chi connectivity index (χ0n) is 11.1. The smallest absolute Gasteiger partial charge is 0.317 e. The van der Waals surface area contributed by atoms with Crippen molar-refractivity contribution in [3.05, 3.63) is 0 Å². The minimum Gasteiger partial charge on any atom is -0.469 e. The Labute approximate surface area is 111 Å². The summed E-state index contributed by atoms with van der Waals surface area (Å²) in [5.41, 5.74) is 0. The lowest BCUT2D eigenvalue weighted by atomic mass is 9.93. The highest BCUT2D eigenvalue weighted by Gasteiger charge is 2.45. The van der Waals surface area contributed by atoms with E-state index < -0.39 is 23.8 Å². The van der Waals surface area contributed by atoms with E-state index in [-0.39, 0.29) is 6.54 Å². The normalized spacial score (nSPS) is 26.8. The Hall–Kier alpha value is -1.63. The second-order valence-electron chi connectivity index (χ2n) is 4.43. The molecule has 1 saturated heterocycles. The van der Waals surface area contributed by atoms with E-state index in [4.69, 9.17) is 14.2 Å². The maximum Gasteiger partial charge on any atom is 0.317 e. The SMILES string of the molecule is COC(=O)C1CN=C(N2CCOCC2)[C@@H]1C(=O)OC. The second kappa shape index (κ2) is 6.01. The van der Waals surface area contributed by atoms with Crippen molar-refractivity contribution in [2.45, 2.75) is 0 Å². The first kappa shape index (κ1) is 13.8. The zero-order valence-corrected chi connectivity index (χ0v) is 11.1. The van der Waals surface area contributed by atoms with E-state index in [9.17, 15) is 9.59 Å². The number of esters is 2. The minimum atomic E-state index is -0.671. The number of hydrogen-bond donors (Lipinski definition) is 0. The highest BCUT2D eigenvalue weighted by molar-refractivity contribution is 6.06. The number of aliphatic imine (C=N–C) groups is 1. The van der Waals surface area contributed by atoms with Crippen molar-refractivity contribution in [3.8, 4) is 0 Å². The van der Waals surface area contributed by atoms with E-state index >= 15 is 0 Å². The fourth-order valence-electron chi connectivity index (χ4n) is 2.42. The maximum atomic E-state index is 11.9. The number of carbonyl (C=O) groups is 2. The third-order valence-corrected chi connectivity index (χ3v) is 3.42. The Bertz CT molecular complexity index is 390. The summed E-state index contributed by atoms with van der Waals surface area (Å²) in [6.45, 7) is 2.78. The Morgan fingerprint density at radius 1 is 1.21 bits per heavy atom. The van der Waals surface area contributed by atoms with Gasteiger partial charge in [0.1, 0.15) is 11.8 Å². The highest BCUT2D eigenvalue weighted by Crippen LogP contribution is 2.26. The molecule has 0 radical (unpaired) electrons. The van der Waals surface area contributed by atoms with E-state index in [2.05, 4.69) is 4.99 Å². The number of morpholine rings is 1. The van der Waals surface area contributed by atoms with Crippen LogP contribution in [0.25, 0.3) is 0 Å². The van der Waals surface area contributed by atoms with Crippen LogP contribution in [0.2, 0.25) is 0 Å². The first-order valence-electron chi connectivity index (χ1n) is 6.21. The summed E-state index contributed by atoms with van der Waals surface area (Å²) < 4.78 is 14.8. The Morgan fingerprint density at radius 2 is 1.84 bits per heavy atom. The van der Waals surface area contributed by atoms with Crippen molar-refractivity contribution in [2.75, 3.05) is 47.1 Å². The van der Waals surface area contributed by atoms with Gasteiger partial charge in [-0.3, -0.25) is 14.6 Å². The zero-order chi connectivity index (χ0) is 13.8. The van der Waals surface area contributed by atoms with Crippen LogP contribution in [-0.4, -0.2) is 69.7 Å². The van der Waals surface area contributed by atoms with Gasteiger partial charge in [0.05, 0.1) is 39.9 Å². The van der Waals surface area contributed by atoms with Crippen LogP contribution in [0.1, 0.15) is 0 Å². The molecule has 1 fully saturated rings. The van der Waals surface area contributed by atoms with Crippen molar-refractivity contribution >= 4 is 17.8 Å². The van der Waals surface area contributed by atoms with Gasteiger partial charge in [-0.1, -0.05) is 0 Å². The van der Waals surface area contributed by atoms with Crippen molar-refractivity contribution in [2.24, 2.45) is 16.8 Å². The standard InChI is InChI=1S/C12H18N2O5/c1-17-11(15)8-7-13-10(9(8)12(16)18-2)14-3-5-19-6-4-14/h8-9H,3-7H2,1-2H3/t8?,9-/m1/s1. The maximum absolute atomic E-state index is 11.9. The van der Waals surface area contributed by atoms with Crippen molar-refractivity contribution in [3.63, 3.8) is 0 Å². The molecule has 1 unspecified atom stereocenters. The quantitative estimate of drug-likeness (QED) is 0.618. The van der Waals surface area contributed by atoms with Crippen molar-refractivity contribution in [1.29, 1.82) is 0 Å². The molecule has 2 aliphatic heterocycles. The molecule has 0 N–H and O–H groups in total. The average Bonchev–Trinajstić information content (AvgIpc) is 2.91. The molecule has 0 aromatic carbocycles. The van der Waals surface area contributed by atoms with Crippen LogP contribution in [0.5, 0.6) is 0 Å². The fourth-order valence-corrected chi connectivity index (χ4v) is 2.42. The van der Waals surface area contributed by atoms with Gasteiger partial charge in [0.15, 0.2) is 0 Å².